The van der Waals surface area contributed by atoms with E-state index in [1.54, 1.807) is 0 Å². The Morgan fingerprint density at radius 3 is 1.70 bits per heavy atom. The second-order valence-electron chi connectivity index (χ2n) is 12.2. The van der Waals surface area contributed by atoms with Crippen LogP contribution in [-0.2, 0) is 0 Å². The van der Waals surface area contributed by atoms with Crippen molar-refractivity contribution in [2.45, 2.75) is 0 Å². The van der Waals surface area contributed by atoms with Crippen LogP contribution in [0.15, 0.2) is 170 Å². The zero-order chi connectivity index (χ0) is 34.1. The molecule has 0 atom stereocenters. The number of para-hydroxylation sites is 1. The largest absolute Gasteiger partial charge is 0.311 e. The van der Waals surface area contributed by atoms with Gasteiger partial charge in [0.1, 0.15) is 0 Å². The smallest absolute Gasteiger partial charge is 0.196 e. The number of hydrogen-bond donors (Lipinski definition) is 0. The lowest BCUT2D eigenvalue weighted by Gasteiger charge is -2.36. The molecular formula is C45H28N4Si. The van der Waals surface area contributed by atoms with E-state index in [-0.39, 0.29) is 0 Å². The fourth-order valence-electron chi connectivity index (χ4n) is 7.48. The van der Waals surface area contributed by atoms with Crippen LogP contribution in [0.4, 0.5) is 11.4 Å². The van der Waals surface area contributed by atoms with Gasteiger partial charge in [0.25, 0.3) is 0 Å². The molecule has 1 aromatic heterocycles. The Balaban J connectivity index is 1.43. The van der Waals surface area contributed by atoms with E-state index in [1.807, 2.05) is 66.7 Å². The third-order valence-electron chi connectivity index (χ3n) is 9.61. The van der Waals surface area contributed by atoms with Gasteiger partial charge in [-0.2, -0.15) is 5.26 Å². The number of benzene rings is 7. The van der Waals surface area contributed by atoms with Crippen molar-refractivity contribution in [3.63, 3.8) is 0 Å². The average molecular weight is 653 g/mol. The standard InChI is InChI=1S/C45H28N4Si/c1-47-33-23-25-40(45(29-33)50(35-14-6-3-7-15-35,36-16-8-4-9-17-36)37-18-10-5-11-19-37)38-26-24-34(30-42(38)48-2)49-43-21-13-12-20-39(43)41-28-32(31-46)22-27-44(41)49/h3-30H. The molecule has 0 unspecified atom stereocenters. The third-order valence-corrected chi connectivity index (χ3v) is 14.4. The van der Waals surface area contributed by atoms with Crippen LogP contribution in [0.5, 0.6) is 0 Å². The molecule has 0 saturated carbocycles. The van der Waals surface area contributed by atoms with Gasteiger partial charge in [0.2, 0.25) is 0 Å². The predicted molar refractivity (Wildman–Crippen MR) is 207 cm³/mol. The van der Waals surface area contributed by atoms with Gasteiger partial charge in [-0.3, -0.25) is 0 Å². The molecule has 0 amide bonds. The first-order valence-corrected chi connectivity index (χ1v) is 18.3. The van der Waals surface area contributed by atoms with E-state index >= 15 is 0 Å². The molecule has 5 heteroatoms. The first kappa shape index (κ1) is 30.4. The van der Waals surface area contributed by atoms with E-state index in [0.717, 1.165) is 43.8 Å². The monoisotopic (exact) mass is 652 g/mol. The topological polar surface area (TPSA) is 37.4 Å². The summed E-state index contributed by atoms with van der Waals surface area (Å²) in [5, 5.41) is 16.3. The SMILES string of the molecule is [C-]#[N+]c1ccc(-c2ccc(-n3c4ccccc4c4cc(C#N)ccc43)cc2[N+]#[C-])c([Si](c2ccccc2)(c2ccccc2)c2ccccc2)c1. The summed E-state index contributed by atoms with van der Waals surface area (Å²) >= 11 is 0. The molecule has 232 valence electrons. The molecule has 0 aliphatic heterocycles. The normalized spacial score (nSPS) is 11.1. The lowest BCUT2D eigenvalue weighted by molar-refractivity contribution is 1.18. The van der Waals surface area contributed by atoms with Crippen LogP contribution < -0.4 is 20.7 Å². The van der Waals surface area contributed by atoms with Crippen molar-refractivity contribution in [3.05, 3.63) is 198 Å². The highest BCUT2D eigenvalue weighted by Crippen LogP contribution is 2.38. The highest BCUT2D eigenvalue weighted by atomic mass is 28.3. The molecule has 0 saturated heterocycles. The van der Waals surface area contributed by atoms with Crippen molar-refractivity contribution >= 4 is 62.0 Å². The predicted octanol–water partition coefficient (Wildman–Crippen LogP) is 8.80. The van der Waals surface area contributed by atoms with E-state index in [1.165, 1.54) is 15.6 Å². The van der Waals surface area contributed by atoms with E-state index in [4.69, 9.17) is 13.1 Å². The van der Waals surface area contributed by atoms with Gasteiger partial charge in [0, 0.05) is 16.5 Å². The number of aromatic nitrogens is 1. The molecule has 50 heavy (non-hydrogen) atoms. The fraction of sp³-hybridized carbons (Fsp3) is 0. The van der Waals surface area contributed by atoms with Crippen LogP contribution in [0.2, 0.25) is 0 Å². The summed E-state index contributed by atoms with van der Waals surface area (Å²) in [5.41, 5.74) is 6.30. The van der Waals surface area contributed by atoms with Gasteiger partial charge < -0.3 is 4.57 Å². The molecule has 1 heterocycles. The average Bonchev–Trinajstić information content (AvgIpc) is 3.53. The van der Waals surface area contributed by atoms with Gasteiger partial charge in [-0.1, -0.05) is 133 Å². The molecule has 0 bridgehead atoms. The van der Waals surface area contributed by atoms with Gasteiger partial charge >= 0.3 is 0 Å². The Morgan fingerprint density at radius 1 is 0.520 bits per heavy atom. The van der Waals surface area contributed by atoms with Crippen molar-refractivity contribution in [1.82, 2.24) is 4.57 Å². The van der Waals surface area contributed by atoms with E-state index in [2.05, 4.69) is 123 Å². The molecule has 0 N–H and O–H groups in total. The van der Waals surface area contributed by atoms with Crippen LogP contribution in [0, 0.1) is 24.5 Å². The highest BCUT2D eigenvalue weighted by Gasteiger charge is 2.43. The summed E-state index contributed by atoms with van der Waals surface area (Å²) in [6.07, 6.45) is 0. The minimum Gasteiger partial charge on any atom is -0.311 e. The lowest BCUT2D eigenvalue weighted by atomic mass is 10.0. The van der Waals surface area contributed by atoms with Crippen LogP contribution in [0.3, 0.4) is 0 Å². The Hall–Kier alpha value is -6.97. The number of fused-ring (bicyclic) bond motifs is 3. The van der Waals surface area contributed by atoms with E-state index in [0.29, 0.717) is 16.9 Å². The van der Waals surface area contributed by atoms with Crippen molar-refractivity contribution in [3.8, 4) is 22.9 Å². The second-order valence-corrected chi connectivity index (χ2v) is 16.0. The summed E-state index contributed by atoms with van der Waals surface area (Å²) in [6, 6.07) is 60.2. The van der Waals surface area contributed by atoms with Gasteiger partial charge in [-0.15, -0.1) is 0 Å². The molecule has 7 aromatic carbocycles. The van der Waals surface area contributed by atoms with Gasteiger partial charge in [0.05, 0.1) is 35.8 Å². The summed E-state index contributed by atoms with van der Waals surface area (Å²) in [6.45, 7) is 16.5. The number of nitriles is 1. The Morgan fingerprint density at radius 2 is 1.10 bits per heavy atom. The first-order valence-electron chi connectivity index (χ1n) is 16.3. The van der Waals surface area contributed by atoms with Crippen molar-refractivity contribution in [1.29, 1.82) is 5.26 Å². The molecule has 4 nitrogen and oxygen atoms in total. The van der Waals surface area contributed by atoms with Crippen molar-refractivity contribution < 1.29 is 0 Å². The number of hydrogen-bond acceptors (Lipinski definition) is 1. The van der Waals surface area contributed by atoms with Crippen LogP contribution in [0.25, 0.3) is 48.3 Å². The van der Waals surface area contributed by atoms with Gasteiger partial charge in [-0.05, 0) is 68.3 Å². The molecule has 8 rings (SSSR count). The maximum Gasteiger partial charge on any atom is 0.196 e. The van der Waals surface area contributed by atoms with E-state index in [9.17, 15) is 5.26 Å². The van der Waals surface area contributed by atoms with Crippen LogP contribution >= 0.6 is 0 Å². The molecule has 0 radical (unpaired) electrons. The summed E-state index contributed by atoms with van der Waals surface area (Å²) < 4.78 is 2.17. The first-order chi connectivity index (χ1) is 24.7. The minimum absolute atomic E-state index is 0.524. The highest BCUT2D eigenvalue weighted by molar-refractivity contribution is 7.20. The summed E-state index contributed by atoms with van der Waals surface area (Å²) in [5.74, 6) is 0. The maximum atomic E-state index is 9.63. The molecule has 8 aromatic rings. The molecule has 0 aliphatic rings. The molecule has 0 spiro atoms. The van der Waals surface area contributed by atoms with Crippen LogP contribution in [-0.4, -0.2) is 12.6 Å². The zero-order valence-electron chi connectivity index (χ0n) is 27.0. The molecular weight excluding hydrogens is 625 g/mol. The Kier molecular flexibility index (Phi) is 7.63. The van der Waals surface area contributed by atoms with E-state index < -0.39 is 8.07 Å². The van der Waals surface area contributed by atoms with Crippen molar-refractivity contribution in [2.24, 2.45) is 0 Å². The fourth-order valence-corrected chi connectivity index (χ4v) is 12.5. The van der Waals surface area contributed by atoms with Gasteiger partial charge in [0.15, 0.2) is 19.4 Å². The van der Waals surface area contributed by atoms with Crippen LogP contribution in [0.1, 0.15) is 5.56 Å². The minimum atomic E-state index is -3.04. The summed E-state index contributed by atoms with van der Waals surface area (Å²) in [7, 11) is -3.04. The Bertz CT molecular complexity index is 2580. The maximum absolute atomic E-state index is 9.63. The lowest BCUT2D eigenvalue weighted by Crippen LogP contribution is -2.75. The molecule has 0 fully saturated rings. The summed E-state index contributed by atoms with van der Waals surface area (Å²) in [4.78, 5) is 8.05. The zero-order valence-corrected chi connectivity index (χ0v) is 28.0. The quantitative estimate of drug-likeness (QED) is 0.101. The number of rotatable bonds is 6. The van der Waals surface area contributed by atoms with Gasteiger partial charge in [-0.25, -0.2) is 9.69 Å². The van der Waals surface area contributed by atoms with Crippen molar-refractivity contribution in [2.75, 3.05) is 0 Å². The second kappa shape index (κ2) is 12.6. The molecule has 0 aliphatic carbocycles. The number of nitrogens with zero attached hydrogens (tertiary/aromatic N) is 4. The third kappa shape index (κ3) is 4.80. The Labute approximate surface area is 292 Å².